The van der Waals surface area contributed by atoms with Crippen molar-refractivity contribution < 1.29 is 19.1 Å². The molecule has 2 amide bonds. The second-order valence-corrected chi connectivity index (χ2v) is 6.00. The lowest BCUT2D eigenvalue weighted by Crippen LogP contribution is -2.43. The van der Waals surface area contributed by atoms with Crippen LogP contribution in [-0.4, -0.2) is 35.7 Å². The van der Waals surface area contributed by atoms with Crippen molar-refractivity contribution in [3.63, 3.8) is 0 Å². The fourth-order valence-corrected chi connectivity index (χ4v) is 2.62. The normalized spacial score (nSPS) is 13.0. The van der Waals surface area contributed by atoms with Crippen LogP contribution in [0.15, 0.2) is 36.5 Å². The van der Waals surface area contributed by atoms with Crippen LogP contribution in [0.5, 0.6) is 5.75 Å². The van der Waals surface area contributed by atoms with Crippen LogP contribution < -0.4 is 15.0 Å². The third kappa shape index (κ3) is 3.72. The van der Waals surface area contributed by atoms with Gasteiger partial charge in [0.1, 0.15) is 18.1 Å². The minimum Gasteiger partial charge on any atom is -0.482 e. The molecule has 2 aromatic rings. The van der Waals surface area contributed by atoms with E-state index in [0.717, 1.165) is 5.56 Å². The maximum atomic E-state index is 12.3. The lowest BCUT2D eigenvalue weighted by molar-refractivity contribution is -0.123. The summed E-state index contributed by atoms with van der Waals surface area (Å²) >= 11 is 0. The van der Waals surface area contributed by atoms with Crippen LogP contribution >= 0.6 is 0 Å². The summed E-state index contributed by atoms with van der Waals surface area (Å²) in [6.07, 6.45) is 2.00. The molecule has 0 atom stereocenters. The molecule has 1 N–H and O–H groups in total. The van der Waals surface area contributed by atoms with Crippen LogP contribution in [-0.2, 0) is 9.59 Å². The average Bonchev–Trinajstić information content (AvgIpc) is 2.65. The Labute approximate surface area is 151 Å². The van der Waals surface area contributed by atoms with Gasteiger partial charge in [0, 0.05) is 18.2 Å². The largest absolute Gasteiger partial charge is 0.482 e. The van der Waals surface area contributed by atoms with Crippen molar-refractivity contribution in [3.8, 4) is 5.75 Å². The number of hydrogen-bond acceptors (Lipinski definition) is 5. The molecule has 134 valence electrons. The summed E-state index contributed by atoms with van der Waals surface area (Å²) in [5, 5.41) is 2.66. The standard InChI is InChI=1S/C19H19N3O4/c1-3-15(23)13-5-6-16-14(8-13)22(19(25)11-26-16)10-18(24)21-17-7-4-12(2)9-20-17/h4-9H,3,10-11H2,1-2H3,(H,20,21,24). The van der Waals surface area contributed by atoms with Crippen LogP contribution in [0.3, 0.4) is 0 Å². The van der Waals surface area contributed by atoms with Crippen molar-refractivity contribution in [2.45, 2.75) is 20.3 Å². The number of aromatic nitrogens is 1. The van der Waals surface area contributed by atoms with E-state index in [-0.39, 0.29) is 30.7 Å². The lowest BCUT2D eigenvalue weighted by atomic mass is 10.1. The maximum absolute atomic E-state index is 12.3. The fraction of sp³-hybridized carbons (Fsp3) is 0.263. The second kappa shape index (κ2) is 7.35. The first-order valence-electron chi connectivity index (χ1n) is 8.31. The highest BCUT2D eigenvalue weighted by molar-refractivity contribution is 6.06. The van der Waals surface area contributed by atoms with Gasteiger partial charge in [0.05, 0.1) is 5.69 Å². The SMILES string of the molecule is CCC(=O)c1ccc2c(c1)N(CC(=O)Nc1ccc(C)cn1)C(=O)CO2. The number of aryl methyl sites for hydroxylation is 1. The smallest absolute Gasteiger partial charge is 0.265 e. The highest BCUT2D eigenvalue weighted by Gasteiger charge is 2.28. The molecule has 26 heavy (non-hydrogen) atoms. The monoisotopic (exact) mass is 353 g/mol. The van der Waals surface area contributed by atoms with Gasteiger partial charge in [0.2, 0.25) is 5.91 Å². The van der Waals surface area contributed by atoms with E-state index in [1.807, 2.05) is 13.0 Å². The number of pyridine rings is 1. The van der Waals surface area contributed by atoms with Crippen LogP contribution in [0.4, 0.5) is 11.5 Å². The Kier molecular flexibility index (Phi) is 4.97. The number of nitrogens with zero attached hydrogens (tertiary/aromatic N) is 2. The van der Waals surface area contributed by atoms with Crippen LogP contribution in [0.2, 0.25) is 0 Å². The summed E-state index contributed by atoms with van der Waals surface area (Å²) in [7, 11) is 0. The summed E-state index contributed by atoms with van der Waals surface area (Å²) in [6.45, 7) is 3.33. The van der Waals surface area contributed by atoms with Gasteiger partial charge in [0.25, 0.3) is 5.91 Å². The van der Waals surface area contributed by atoms with E-state index >= 15 is 0 Å². The zero-order valence-corrected chi connectivity index (χ0v) is 14.6. The van der Waals surface area contributed by atoms with Crippen molar-refractivity contribution in [2.75, 3.05) is 23.4 Å². The number of ketones is 1. The molecule has 0 bridgehead atoms. The molecule has 1 aliphatic heterocycles. The van der Waals surface area contributed by atoms with E-state index in [9.17, 15) is 14.4 Å². The maximum Gasteiger partial charge on any atom is 0.265 e. The van der Waals surface area contributed by atoms with Gasteiger partial charge in [-0.2, -0.15) is 0 Å². The predicted molar refractivity (Wildman–Crippen MR) is 96.5 cm³/mol. The second-order valence-electron chi connectivity index (χ2n) is 6.00. The Balaban J connectivity index is 1.81. The molecule has 0 radical (unpaired) electrons. The number of anilines is 2. The first-order chi connectivity index (χ1) is 12.5. The summed E-state index contributed by atoms with van der Waals surface area (Å²) in [6, 6.07) is 8.43. The number of rotatable bonds is 5. The number of ether oxygens (including phenoxy) is 1. The van der Waals surface area contributed by atoms with Crippen LogP contribution in [0.1, 0.15) is 29.3 Å². The van der Waals surface area contributed by atoms with Gasteiger partial charge in [-0.25, -0.2) is 4.98 Å². The highest BCUT2D eigenvalue weighted by atomic mass is 16.5. The van der Waals surface area contributed by atoms with Crippen LogP contribution in [0, 0.1) is 6.92 Å². The third-order valence-corrected chi connectivity index (χ3v) is 4.03. The molecule has 1 aromatic carbocycles. The van der Waals surface area contributed by atoms with Crippen molar-refractivity contribution in [3.05, 3.63) is 47.7 Å². The molecule has 3 rings (SSSR count). The lowest BCUT2D eigenvalue weighted by Gasteiger charge is -2.29. The van der Waals surface area contributed by atoms with Gasteiger partial charge in [-0.05, 0) is 36.8 Å². The number of nitrogens with one attached hydrogen (secondary N) is 1. The minimum atomic E-state index is -0.380. The van der Waals surface area contributed by atoms with Gasteiger partial charge >= 0.3 is 0 Å². The van der Waals surface area contributed by atoms with Gasteiger partial charge in [-0.15, -0.1) is 0 Å². The number of amides is 2. The number of carbonyl (C=O) groups excluding carboxylic acids is 3. The Morgan fingerprint density at radius 3 is 2.77 bits per heavy atom. The van der Waals surface area contributed by atoms with Gasteiger partial charge in [0.15, 0.2) is 12.4 Å². The molecule has 1 aliphatic rings. The van der Waals surface area contributed by atoms with E-state index in [4.69, 9.17) is 4.74 Å². The number of hydrogen-bond donors (Lipinski definition) is 1. The van der Waals surface area contributed by atoms with E-state index < -0.39 is 0 Å². The molecule has 7 heteroatoms. The molecule has 0 unspecified atom stereocenters. The molecule has 2 heterocycles. The fourth-order valence-electron chi connectivity index (χ4n) is 2.62. The first-order valence-corrected chi connectivity index (χ1v) is 8.31. The number of benzene rings is 1. The zero-order valence-electron chi connectivity index (χ0n) is 14.6. The Morgan fingerprint density at radius 2 is 2.08 bits per heavy atom. The van der Waals surface area contributed by atoms with E-state index in [0.29, 0.717) is 29.2 Å². The number of fused-ring (bicyclic) bond motifs is 1. The molecule has 0 saturated heterocycles. The van der Waals surface area contributed by atoms with E-state index in [1.165, 1.54) is 4.90 Å². The molecule has 0 fully saturated rings. The highest BCUT2D eigenvalue weighted by Crippen LogP contribution is 2.33. The summed E-state index contributed by atoms with van der Waals surface area (Å²) in [5.41, 5.74) is 1.89. The van der Waals surface area contributed by atoms with Gasteiger partial charge in [-0.3, -0.25) is 19.3 Å². The summed E-state index contributed by atoms with van der Waals surface area (Å²) < 4.78 is 5.40. The van der Waals surface area contributed by atoms with Crippen molar-refractivity contribution in [1.82, 2.24) is 4.98 Å². The predicted octanol–water partition coefficient (Wildman–Crippen LogP) is 2.35. The quantitative estimate of drug-likeness (QED) is 0.834. The summed E-state index contributed by atoms with van der Waals surface area (Å²) in [5.74, 6) is 0.120. The average molecular weight is 353 g/mol. The molecule has 0 saturated carbocycles. The third-order valence-electron chi connectivity index (χ3n) is 4.03. The van der Waals surface area contributed by atoms with E-state index in [1.54, 1.807) is 37.4 Å². The van der Waals surface area contributed by atoms with Crippen molar-refractivity contribution in [2.24, 2.45) is 0 Å². The molecule has 1 aromatic heterocycles. The Hall–Kier alpha value is -3.22. The van der Waals surface area contributed by atoms with Crippen molar-refractivity contribution in [1.29, 1.82) is 0 Å². The van der Waals surface area contributed by atoms with Crippen molar-refractivity contribution >= 4 is 29.1 Å². The molecular formula is C19H19N3O4. The molecule has 0 spiro atoms. The Bertz CT molecular complexity index is 862. The molecule has 7 nitrogen and oxygen atoms in total. The van der Waals surface area contributed by atoms with Crippen LogP contribution in [0.25, 0.3) is 0 Å². The van der Waals surface area contributed by atoms with E-state index in [2.05, 4.69) is 10.3 Å². The zero-order chi connectivity index (χ0) is 18.7. The topological polar surface area (TPSA) is 88.6 Å². The summed E-state index contributed by atoms with van der Waals surface area (Å²) in [4.78, 5) is 42.0. The molecule has 0 aliphatic carbocycles. The van der Waals surface area contributed by atoms with Gasteiger partial charge < -0.3 is 10.1 Å². The van der Waals surface area contributed by atoms with Gasteiger partial charge in [-0.1, -0.05) is 13.0 Å². The Morgan fingerprint density at radius 1 is 1.27 bits per heavy atom. The number of carbonyl (C=O) groups is 3. The first kappa shape index (κ1) is 17.6. The number of Topliss-reactive ketones (excluding diaryl/α,β-unsaturated/α-hetero) is 1. The minimum absolute atomic E-state index is 0.0425. The molecular weight excluding hydrogens is 334 g/mol.